The van der Waals surface area contributed by atoms with Crippen LogP contribution in [0.25, 0.3) is 0 Å². The third-order valence-electron chi connectivity index (χ3n) is 3.68. The molecule has 1 aromatic carbocycles. The maximum absolute atomic E-state index is 10.1. The molecule has 0 amide bonds. The first-order valence-electron chi connectivity index (χ1n) is 6.12. The van der Waals surface area contributed by atoms with Crippen molar-refractivity contribution in [1.29, 1.82) is 0 Å². The topological polar surface area (TPSA) is 23.5 Å². The van der Waals surface area contributed by atoms with Crippen LogP contribution in [0.2, 0.25) is 0 Å². The van der Waals surface area contributed by atoms with Crippen LogP contribution in [0.1, 0.15) is 25.5 Å². The van der Waals surface area contributed by atoms with Crippen LogP contribution in [0.3, 0.4) is 0 Å². The van der Waals surface area contributed by atoms with Gasteiger partial charge in [-0.3, -0.25) is 4.90 Å². The third kappa shape index (κ3) is 2.63. The fraction of sp³-hybridized carbons (Fsp3) is 0.571. The molecule has 2 rings (SSSR count). The normalized spacial score (nSPS) is 28.2. The smallest absolute Gasteiger partial charge is 0.0916 e. The number of aliphatic hydroxyl groups is 1. The minimum Gasteiger partial charge on any atom is -0.387 e. The van der Waals surface area contributed by atoms with E-state index < -0.39 is 0 Å². The van der Waals surface area contributed by atoms with Crippen LogP contribution in [0, 0.1) is 11.8 Å². The van der Waals surface area contributed by atoms with Crippen molar-refractivity contribution in [2.24, 2.45) is 11.8 Å². The summed E-state index contributed by atoms with van der Waals surface area (Å²) in [6, 6.07) is 9.93. The number of nitrogens with zero attached hydrogens (tertiary/aromatic N) is 1. The molecule has 16 heavy (non-hydrogen) atoms. The molecule has 0 aromatic heterocycles. The fourth-order valence-electron chi connectivity index (χ4n) is 2.42. The van der Waals surface area contributed by atoms with Gasteiger partial charge in [-0.15, -0.1) is 0 Å². The van der Waals surface area contributed by atoms with Crippen LogP contribution < -0.4 is 0 Å². The Kier molecular flexibility index (Phi) is 3.62. The molecular weight excluding hydrogens is 198 g/mol. The highest BCUT2D eigenvalue weighted by Gasteiger charge is 2.27. The zero-order valence-corrected chi connectivity index (χ0v) is 10.1. The molecule has 1 saturated heterocycles. The highest BCUT2D eigenvalue weighted by atomic mass is 16.3. The summed E-state index contributed by atoms with van der Waals surface area (Å²) in [6.07, 6.45) is -0.348. The SMILES string of the molecule is CC1CN(CC(O)c2ccccc2)CC1C. The van der Waals surface area contributed by atoms with E-state index in [2.05, 4.69) is 18.7 Å². The highest BCUT2D eigenvalue weighted by molar-refractivity contribution is 5.17. The minimum atomic E-state index is -0.348. The van der Waals surface area contributed by atoms with E-state index in [1.54, 1.807) is 0 Å². The van der Waals surface area contributed by atoms with Gasteiger partial charge in [0, 0.05) is 19.6 Å². The van der Waals surface area contributed by atoms with Crippen LogP contribution in [-0.4, -0.2) is 29.6 Å². The van der Waals surface area contributed by atoms with Crippen LogP contribution in [0.4, 0.5) is 0 Å². The van der Waals surface area contributed by atoms with Crippen molar-refractivity contribution in [2.75, 3.05) is 19.6 Å². The van der Waals surface area contributed by atoms with E-state index in [1.165, 1.54) is 0 Å². The Balaban J connectivity index is 1.91. The van der Waals surface area contributed by atoms with Gasteiger partial charge in [0.1, 0.15) is 0 Å². The molecule has 1 aliphatic rings. The Morgan fingerprint density at radius 3 is 2.31 bits per heavy atom. The van der Waals surface area contributed by atoms with E-state index in [0.717, 1.165) is 37.0 Å². The number of aliphatic hydroxyl groups excluding tert-OH is 1. The number of hydrogen-bond acceptors (Lipinski definition) is 2. The Morgan fingerprint density at radius 1 is 1.19 bits per heavy atom. The monoisotopic (exact) mass is 219 g/mol. The van der Waals surface area contributed by atoms with Crippen molar-refractivity contribution < 1.29 is 5.11 Å². The molecule has 1 heterocycles. The molecule has 3 unspecified atom stereocenters. The van der Waals surface area contributed by atoms with Gasteiger partial charge in [0.2, 0.25) is 0 Å². The van der Waals surface area contributed by atoms with Crippen molar-refractivity contribution in [3.05, 3.63) is 35.9 Å². The van der Waals surface area contributed by atoms with Crippen LogP contribution in [0.15, 0.2) is 30.3 Å². The first kappa shape index (κ1) is 11.6. The van der Waals surface area contributed by atoms with Gasteiger partial charge in [0.25, 0.3) is 0 Å². The Morgan fingerprint density at radius 2 is 1.75 bits per heavy atom. The molecule has 1 aliphatic heterocycles. The summed E-state index contributed by atoms with van der Waals surface area (Å²) in [5.41, 5.74) is 1.02. The molecule has 88 valence electrons. The number of hydrogen-bond donors (Lipinski definition) is 1. The second-order valence-corrected chi connectivity index (χ2v) is 5.10. The lowest BCUT2D eigenvalue weighted by atomic mass is 10.0. The summed E-state index contributed by atoms with van der Waals surface area (Å²) in [4.78, 5) is 2.37. The lowest BCUT2D eigenvalue weighted by Crippen LogP contribution is -2.26. The second-order valence-electron chi connectivity index (χ2n) is 5.10. The first-order chi connectivity index (χ1) is 7.66. The predicted molar refractivity (Wildman–Crippen MR) is 66.2 cm³/mol. The fourth-order valence-corrected chi connectivity index (χ4v) is 2.42. The average Bonchev–Trinajstić information content (AvgIpc) is 2.59. The summed E-state index contributed by atoms with van der Waals surface area (Å²) in [5, 5.41) is 10.1. The number of benzene rings is 1. The van der Waals surface area contributed by atoms with Gasteiger partial charge < -0.3 is 5.11 Å². The molecule has 1 fully saturated rings. The molecule has 3 atom stereocenters. The van der Waals surface area contributed by atoms with E-state index >= 15 is 0 Å². The Hall–Kier alpha value is -0.860. The lowest BCUT2D eigenvalue weighted by Gasteiger charge is -2.20. The lowest BCUT2D eigenvalue weighted by molar-refractivity contribution is 0.123. The molecule has 0 saturated carbocycles. The van der Waals surface area contributed by atoms with Gasteiger partial charge in [-0.05, 0) is 17.4 Å². The van der Waals surface area contributed by atoms with Gasteiger partial charge >= 0.3 is 0 Å². The first-order valence-corrected chi connectivity index (χ1v) is 6.12. The van der Waals surface area contributed by atoms with Gasteiger partial charge in [0.05, 0.1) is 6.10 Å². The number of rotatable bonds is 3. The van der Waals surface area contributed by atoms with E-state index in [4.69, 9.17) is 0 Å². The van der Waals surface area contributed by atoms with Crippen molar-refractivity contribution in [2.45, 2.75) is 20.0 Å². The van der Waals surface area contributed by atoms with Crippen molar-refractivity contribution in [3.63, 3.8) is 0 Å². The summed E-state index contributed by atoms with van der Waals surface area (Å²) in [5.74, 6) is 1.51. The van der Waals surface area contributed by atoms with Crippen molar-refractivity contribution >= 4 is 0 Å². The molecule has 2 nitrogen and oxygen atoms in total. The number of β-amino-alcohol motifs (C(OH)–C–C–N with tert-alkyl or cyclic N) is 1. The van der Waals surface area contributed by atoms with E-state index in [0.29, 0.717) is 0 Å². The summed E-state index contributed by atoms with van der Waals surface area (Å²) in [7, 11) is 0. The van der Waals surface area contributed by atoms with E-state index in [9.17, 15) is 5.11 Å². The van der Waals surface area contributed by atoms with E-state index in [1.807, 2.05) is 30.3 Å². The molecule has 0 bridgehead atoms. The molecule has 0 spiro atoms. The predicted octanol–water partition coefficient (Wildman–Crippen LogP) is 2.31. The third-order valence-corrected chi connectivity index (χ3v) is 3.68. The second kappa shape index (κ2) is 4.98. The summed E-state index contributed by atoms with van der Waals surface area (Å²) >= 11 is 0. The van der Waals surface area contributed by atoms with Gasteiger partial charge in [0.15, 0.2) is 0 Å². The molecular formula is C14H21NO. The van der Waals surface area contributed by atoms with Gasteiger partial charge in [-0.2, -0.15) is 0 Å². The zero-order chi connectivity index (χ0) is 11.5. The Bertz CT molecular complexity index is 315. The van der Waals surface area contributed by atoms with Crippen LogP contribution >= 0.6 is 0 Å². The Labute approximate surface area is 97.9 Å². The van der Waals surface area contributed by atoms with Gasteiger partial charge in [-0.1, -0.05) is 44.2 Å². The standard InChI is InChI=1S/C14H21NO/c1-11-8-15(9-12(11)2)10-14(16)13-6-4-3-5-7-13/h3-7,11-12,14,16H,8-10H2,1-2H3. The molecule has 1 aromatic rings. The maximum Gasteiger partial charge on any atom is 0.0916 e. The van der Waals surface area contributed by atoms with Crippen LogP contribution in [-0.2, 0) is 0 Å². The summed E-state index contributed by atoms with van der Waals surface area (Å²) < 4.78 is 0. The average molecular weight is 219 g/mol. The largest absolute Gasteiger partial charge is 0.387 e. The maximum atomic E-state index is 10.1. The quantitative estimate of drug-likeness (QED) is 0.843. The van der Waals surface area contributed by atoms with Crippen LogP contribution in [0.5, 0.6) is 0 Å². The van der Waals surface area contributed by atoms with E-state index in [-0.39, 0.29) is 6.10 Å². The highest BCUT2D eigenvalue weighted by Crippen LogP contribution is 2.24. The molecule has 0 radical (unpaired) electrons. The molecule has 2 heteroatoms. The summed E-state index contributed by atoms with van der Waals surface area (Å²) in [6.45, 7) is 7.58. The van der Waals surface area contributed by atoms with Gasteiger partial charge in [-0.25, -0.2) is 0 Å². The number of likely N-dealkylation sites (tertiary alicyclic amines) is 1. The van der Waals surface area contributed by atoms with Crippen molar-refractivity contribution in [3.8, 4) is 0 Å². The van der Waals surface area contributed by atoms with Crippen molar-refractivity contribution in [1.82, 2.24) is 4.90 Å². The minimum absolute atomic E-state index is 0.348. The molecule has 1 N–H and O–H groups in total. The zero-order valence-electron chi connectivity index (χ0n) is 10.1. The molecule has 0 aliphatic carbocycles.